The van der Waals surface area contributed by atoms with Crippen molar-refractivity contribution in [2.45, 2.75) is 84.2 Å². The van der Waals surface area contributed by atoms with Crippen LogP contribution in [0, 0.1) is 16.6 Å². The van der Waals surface area contributed by atoms with Gasteiger partial charge in [-0.2, -0.15) is 0 Å². The molecule has 2 N–H and O–H groups in total. The maximum Gasteiger partial charge on any atom is 0.235 e. The third-order valence-electron chi connectivity index (χ3n) is 9.74. The van der Waals surface area contributed by atoms with Crippen LogP contribution in [0.5, 0.6) is 5.75 Å². The second-order valence-corrected chi connectivity index (χ2v) is 13.1. The minimum atomic E-state index is -0.944. The number of anilines is 1. The predicted octanol–water partition coefficient (Wildman–Crippen LogP) is 9.06. The summed E-state index contributed by atoms with van der Waals surface area (Å²) in [5, 5.41) is 7.11. The van der Waals surface area contributed by atoms with Gasteiger partial charge >= 0.3 is 0 Å². The van der Waals surface area contributed by atoms with Crippen LogP contribution >= 0.6 is 0 Å². The number of amides is 1. The van der Waals surface area contributed by atoms with Crippen molar-refractivity contribution in [1.29, 1.82) is 0 Å². The Hall–Kier alpha value is -4.00. The molecule has 5 nitrogen and oxygen atoms in total. The lowest BCUT2D eigenvalue weighted by atomic mass is 9.81. The van der Waals surface area contributed by atoms with Crippen molar-refractivity contribution in [3.63, 3.8) is 0 Å². The number of carbonyl (C=O) groups excluding carboxylic acids is 1. The molecule has 230 valence electrons. The standard InChI is InChI=1S/C37H41F2N3O2/c1-4-15-36(3,35(43)42-28-9-6-27(38)7-10-28)24(2)41-29-8-5-26(33(39)21-29)20-25-14-19-40-34-22-30(11-12-32(25)34)44-31-13-16-37(23-31)17-18-37/h5-6,8-9,11-12,14,19,21-22,31,41H,2,4,7,10,13,15-18,20,23H2,1,3H3,(H,42,43)/t31?,36-/m0/s1. The fourth-order valence-electron chi connectivity index (χ4n) is 6.68. The second kappa shape index (κ2) is 12.2. The Morgan fingerprint density at radius 2 is 1.91 bits per heavy atom. The lowest BCUT2D eigenvalue weighted by Crippen LogP contribution is -2.41. The maximum atomic E-state index is 15.5. The Bertz CT molecular complexity index is 1660. The molecule has 3 aliphatic carbocycles. The number of ether oxygens (including phenoxy) is 1. The van der Waals surface area contributed by atoms with Gasteiger partial charge in [-0.25, -0.2) is 8.78 Å². The molecule has 2 saturated carbocycles. The highest BCUT2D eigenvalue weighted by atomic mass is 19.1. The number of hydrogen-bond acceptors (Lipinski definition) is 4. The lowest BCUT2D eigenvalue weighted by Gasteiger charge is -2.31. The smallest absolute Gasteiger partial charge is 0.235 e. The number of hydrogen-bond donors (Lipinski definition) is 2. The van der Waals surface area contributed by atoms with Crippen molar-refractivity contribution in [3.05, 3.63) is 102 Å². The Kier molecular flexibility index (Phi) is 8.32. The quantitative estimate of drug-likeness (QED) is 0.232. The van der Waals surface area contributed by atoms with E-state index in [-0.39, 0.29) is 30.1 Å². The van der Waals surface area contributed by atoms with Crippen LogP contribution in [0.25, 0.3) is 10.9 Å². The molecule has 0 saturated heterocycles. The number of pyridine rings is 1. The van der Waals surface area contributed by atoms with Crippen LogP contribution in [-0.4, -0.2) is 17.0 Å². The van der Waals surface area contributed by atoms with Gasteiger partial charge in [0, 0.05) is 47.6 Å². The molecule has 2 fully saturated rings. The van der Waals surface area contributed by atoms with Crippen molar-refractivity contribution in [2.75, 3.05) is 5.32 Å². The van der Waals surface area contributed by atoms with E-state index in [0.29, 0.717) is 47.3 Å². The molecule has 44 heavy (non-hydrogen) atoms. The molecule has 1 unspecified atom stereocenters. The molecule has 3 aromatic rings. The molecule has 7 heteroatoms. The van der Waals surface area contributed by atoms with Crippen LogP contribution in [0.2, 0.25) is 0 Å². The molecule has 1 aromatic heterocycles. The first-order valence-corrected chi connectivity index (χ1v) is 15.8. The highest BCUT2D eigenvalue weighted by molar-refractivity contribution is 5.87. The first-order chi connectivity index (χ1) is 21.2. The predicted molar refractivity (Wildman–Crippen MR) is 171 cm³/mol. The molecule has 2 aromatic carbocycles. The Labute approximate surface area is 258 Å². The van der Waals surface area contributed by atoms with E-state index in [1.54, 1.807) is 18.3 Å². The van der Waals surface area contributed by atoms with E-state index < -0.39 is 5.41 Å². The average molecular weight is 598 g/mol. The molecule has 0 radical (unpaired) electrons. The summed E-state index contributed by atoms with van der Waals surface area (Å²) in [5.41, 5.74) is 3.68. The fraction of sp³-hybridized carbons (Fsp3) is 0.405. The van der Waals surface area contributed by atoms with Gasteiger partial charge in [-0.05, 0) is 111 Å². The van der Waals surface area contributed by atoms with Crippen LogP contribution < -0.4 is 15.4 Å². The lowest BCUT2D eigenvalue weighted by molar-refractivity contribution is -0.127. The van der Waals surface area contributed by atoms with E-state index in [4.69, 9.17) is 4.74 Å². The molecule has 0 aliphatic heterocycles. The van der Waals surface area contributed by atoms with Gasteiger partial charge in [-0.1, -0.05) is 26.0 Å². The number of allylic oxidation sites excluding steroid dienone is 4. The molecule has 1 amide bonds. The Balaban J connectivity index is 1.13. The van der Waals surface area contributed by atoms with Crippen LogP contribution in [0.4, 0.5) is 14.5 Å². The Morgan fingerprint density at radius 1 is 1.07 bits per heavy atom. The average Bonchev–Trinajstić information content (AvgIpc) is 3.65. The highest BCUT2D eigenvalue weighted by Crippen LogP contribution is 2.58. The summed E-state index contributed by atoms with van der Waals surface area (Å²) in [5.74, 6) is 0.0870. The molecular weight excluding hydrogens is 556 g/mol. The summed E-state index contributed by atoms with van der Waals surface area (Å²) < 4.78 is 35.2. The number of nitrogens with one attached hydrogen (secondary N) is 2. The largest absolute Gasteiger partial charge is 0.490 e. The van der Waals surface area contributed by atoms with Crippen LogP contribution in [-0.2, 0) is 11.2 Å². The number of aromatic nitrogens is 1. The number of rotatable bonds is 11. The first-order valence-electron chi connectivity index (χ1n) is 15.8. The van der Waals surface area contributed by atoms with E-state index in [1.807, 2.05) is 44.2 Å². The van der Waals surface area contributed by atoms with Gasteiger partial charge in [0.05, 0.1) is 17.0 Å². The fourth-order valence-corrected chi connectivity index (χ4v) is 6.68. The molecular formula is C37H41F2N3O2. The van der Waals surface area contributed by atoms with Gasteiger partial charge in [0.15, 0.2) is 0 Å². The monoisotopic (exact) mass is 597 g/mol. The molecule has 1 heterocycles. The van der Waals surface area contributed by atoms with Crippen molar-refractivity contribution < 1.29 is 18.3 Å². The van der Waals surface area contributed by atoms with E-state index >= 15 is 4.39 Å². The first kappa shape index (κ1) is 30.0. The molecule has 6 rings (SSSR count). The summed E-state index contributed by atoms with van der Waals surface area (Å²) >= 11 is 0. The van der Waals surface area contributed by atoms with Gasteiger partial charge in [0.25, 0.3) is 0 Å². The molecule has 2 atom stereocenters. The normalized spacial score (nSPS) is 20.0. The minimum Gasteiger partial charge on any atom is -0.490 e. The van der Waals surface area contributed by atoms with Gasteiger partial charge in [-0.15, -0.1) is 0 Å². The van der Waals surface area contributed by atoms with Crippen molar-refractivity contribution in [2.24, 2.45) is 10.8 Å². The van der Waals surface area contributed by atoms with Crippen molar-refractivity contribution in [3.8, 4) is 5.75 Å². The summed E-state index contributed by atoms with van der Waals surface area (Å²) in [6.45, 7) is 8.00. The molecule has 1 spiro atoms. The van der Waals surface area contributed by atoms with Gasteiger partial charge in [0.2, 0.25) is 5.91 Å². The summed E-state index contributed by atoms with van der Waals surface area (Å²) in [7, 11) is 0. The van der Waals surface area contributed by atoms with E-state index in [2.05, 4.69) is 22.2 Å². The number of nitrogens with zero attached hydrogens (tertiary/aromatic N) is 1. The minimum absolute atomic E-state index is 0.197. The van der Waals surface area contributed by atoms with Gasteiger partial charge in [-0.3, -0.25) is 9.78 Å². The zero-order valence-electron chi connectivity index (χ0n) is 25.6. The SMILES string of the molecule is C=C(Nc1ccc(Cc2ccnc3cc(OC4CCC5(CC5)C4)ccc23)c(F)c1)[C@](C)(CCC)C(=O)NC1=CC=C(F)CC1. The molecule has 0 bridgehead atoms. The second-order valence-electron chi connectivity index (χ2n) is 13.1. The van der Waals surface area contributed by atoms with Crippen molar-refractivity contribution >= 4 is 22.5 Å². The zero-order chi connectivity index (χ0) is 30.9. The van der Waals surface area contributed by atoms with Gasteiger partial charge in [0.1, 0.15) is 17.4 Å². The van der Waals surface area contributed by atoms with Gasteiger partial charge < -0.3 is 15.4 Å². The Morgan fingerprint density at radius 3 is 2.61 bits per heavy atom. The summed E-state index contributed by atoms with van der Waals surface area (Å²) in [6.07, 6.45) is 13.7. The highest BCUT2D eigenvalue weighted by Gasteiger charge is 2.49. The number of carbonyl (C=O) groups is 1. The number of halogens is 2. The zero-order valence-corrected chi connectivity index (χ0v) is 25.6. The number of fused-ring (bicyclic) bond motifs is 1. The topological polar surface area (TPSA) is 63.3 Å². The van der Waals surface area contributed by atoms with Crippen LogP contribution in [0.3, 0.4) is 0 Å². The maximum absolute atomic E-state index is 15.5. The third-order valence-corrected chi connectivity index (χ3v) is 9.74. The van der Waals surface area contributed by atoms with E-state index in [0.717, 1.165) is 41.5 Å². The molecule has 3 aliphatic rings. The van der Waals surface area contributed by atoms with Crippen LogP contribution in [0.15, 0.2) is 84.6 Å². The summed E-state index contributed by atoms with van der Waals surface area (Å²) in [6, 6.07) is 13.0. The van der Waals surface area contributed by atoms with Crippen molar-refractivity contribution in [1.82, 2.24) is 10.3 Å². The summed E-state index contributed by atoms with van der Waals surface area (Å²) in [4.78, 5) is 17.9. The van der Waals surface area contributed by atoms with E-state index in [9.17, 15) is 9.18 Å². The number of benzene rings is 2. The third kappa shape index (κ3) is 6.42. The van der Waals surface area contributed by atoms with E-state index in [1.165, 1.54) is 31.4 Å². The van der Waals surface area contributed by atoms with Crippen LogP contribution in [0.1, 0.15) is 82.8 Å².